The van der Waals surface area contributed by atoms with Crippen molar-refractivity contribution in [2.45, 2.75) is 26.8 Å². The number of nitrogens with two attached hydrogens (primary N) is 1. The van der Waals surface area contributed by atoms with Crippen LogP contribution in [0, 0.1) is 5.41 Å². The van der Waals surface area contributed by atoms with Gasteiger partial charge < -0.3 is 5.73 Å². The molecular formula is C8H16N2O2. The summed E-state index contributed by atoms with van der Waals surface area (Å²) in [6.45, 7) is 5.57. The second kappa shape index (κ2) is 3.67. The van der Waals surface area contributed by atoms with Crippen LogP contribution in [-0.2, 0) is 9.59 Å². The van der Waals surface area contributed by atoms with Crippen LogP contribution in [0.2, 0.25) is 0 Å². The number of amides is 2. The first-order valence-electron chi connectivity index (χ1n) is 3.78. The Morgan fingerprint density at radius 1 is 1.50 bits per heavy atom. The first-order valence-corrected chi connectivity index (χ1v) is 3.78. The summed E-state index contributed by atoms with van der Waals surface area (Å²) in [6.07, 6.45) is 0.466. The standard InChI is InChI=1S/C8H16N2O2/c1-8(2,3)6(9)7(12)10(4)5-11/h5-6H,9H2,1-4H3. The smallest absolute Gasteiger partial charge is 0.246 e. The van der Waals surface area contributed by atoms with Crippen LogP contribution < -0.4 is 5.73 Å². The fourth-order valence-electron chi connectivity index (χ4n) is 0.642. The van der Waals surface area contributed by atoms with Gasteiger partial charge in [0.2, 0.25) is 12.3 Å². The van der Waals surface area contributed by atoms with Crippen molar-refractivity contribution in [1.82, 2.24) is 4.90 Å². The van der Waals surface area contributed by atoms with E-state index in [1.165, 1.54) is 7.05 Å². The third-order valence-electron chi connectivity index (χ3n) is 1.70. The van der Waals surface area contributed by atoms with E-state index in [4.69, 9.17) is 5.73 Å². The fraction of sp³-hybridized carbons (Fsp3) is 0.750. The summed E-state index contributed by atoms with van der Waals surface area (Å²) < 4.78 is 0. The van der Waals surface area contributed by atoms with Gasteiger partial charge in [0.05, 0.1) is 6.04 Å². The molecule has 1 unspecified atom stereocenters. The van der Waals surface area contributed by atoms with Gasteiger partial charge in [-0.25, -0.2) is 0 Å². The molecule has 0 aromatic carbocycles. The minimum absolute atomic E-state index is 0.311. The molecule has 0 bridgehead atoms. The van der Waals surface area contributed by atoms with Crippen molar-refractivity contribution in [1.29, 1.82) is 0 Å². The molecule has 0 aromatic rings. The van der Waals surface area contributed by atoms with Crippen LogP contribution in [0.3, 0.4) is 0 Å². The summed E-state index contributed by atoms with van der Waals surface area (Å²) in [5.41, 5.74) is 5.31. The van der Waals surface area contributed by atoms with Gasteiger partial charge >= 0.3 is 0 Å². The van der Waals surface area contributed by atoms with Gasteiger partial charge in [-0.05, 0) is 5.41 Å². The predicted octanol–water partition coefficient (Wildman–Crippen LogP) is -0.0254. The number of carbonyl (C=O) groups excluding carboxylic acids is 2. The number of hydrogen-bond donors (Lipinski definition) is 1. The summed E-state index contributed by atoms with van der Waals surface area (Å²) in [5, 5.41) is 0. The quantitative estimate of drug-likeness (QED) is 0.595. The number of imide groups is 1. The molecule has 1 atom stereocenters. The highest BCUT2D eigenvalue weighted by atomic mass is 16.2. The van der Waals surface area contributed by atoms with Crippen LogP contribution >= 0.6 is 0 Å². The van der Waals surface area contributed by atoms with E-state index in [1.54, 1.807) is 0 Å². The lowest BCUT2D eigenvalue weighted by Crippen LogP contribution is -2.48. The van der Waals surface area contributed by atoms with E-state index in [0.29, 0.717) is 6.41 Å². The maximum atomic E-state index is 11.3. The highest BCUT2D eigenvalue weighted by Crippen LogP contribution is 2.18. The number of hydrogen-bond acceptors (Lipinski definition) is 3. The highest BCUT2D eigenvalue weighted by Gasteiger charge is 2.29. The topological polar surface area (TPSA) is 63.4 Å². The highest BCUT2D eigenvalue weighted by molar-refractivity contribution is 5.90. The molecular weight excluding hydrogens is 156 g/mol. The van der Waals surface area contributed by atoms with E-state index < -0.39 is 6.04 Å². The van der Waals surface area contributed by atoms with Crippen molar-refractivity contribution >= 4 is 12.3 Å². The minimum Gasteiger partial charge on any atom is -0.319 e. The molecule has 4 heteroatoms. The van der Waals surface area contributed by atoms with Gasteiger partial charge in [0.15, 0.2) is 0 Å². The second-order valence-corrected chi connectivity index (χ2v) is 3.90. The molecule has 0 rings (SSSR count). The Balaban J connectivity index is 4.40. The van der Waals surface area contributed by atoms with Crippen molar-refractivity contribution in [2.24, 2.45) is 11.1 Å². The lowest BCUT2D eigenvalue weighted by molar-refractivity contribution is -0.139. The summed E-state index contributed by atoms with van der Waals surface area (Å²) in [5.74, 6) is -0.350. The van der Waals surface area contributed by atoms with Crippen LogP contribution in [-0.4, -0.2) is 30.3 Å². The molecule has 0 aliphatic heterocycles. The molecule has 0 radical (unpaired) electrons. The maximum Gasteiger partial charge on any atom is 0.246 e. The third-order valence-corrected chi connectivity index (χ3v) is 1.70. The lowest BCUT2D eigenvalue weighted by atomic mass is 9.87. The van der Waals surface area contributed by atoms with Crippen molar-refractivity contribution in [2.75, 3.05) is 7.05 Å². The van der Waals surface area contributed by atoms with E-state index >= 15 is 0 Å². The van der Waals surface area contributed by atoms with E-state index in [-0.39, 0.29) is 11.3 Å². The van der Waals surface area contributed by atoms with E-state index in [1.807, 2.05) is 20.8 Å². The largest absolute Gasteiger partial charge is 0.319 e. The van der Waals surface area contributed by atoms with E-state index in [9.17, 15) is 9.59 Å². The van der Waals surface area contributed by atoms with Gasteiger partial charge in [-0.1, -0.05) is 20.8 Å². The summed E-state index contributed by atoms with van der Waals surface area (Å²) in [6, 6.07) is -0.632. The molecule has 2 amide bonds. The van der Waals surface area contributed by atoms with Crippen molar-refractivity contribution in [3.8, 4) is 0 Å². The molecule has 0 aliphatic carbocycles. The number of carbonyl (C=O) groups is 2. The second-order valence-electron chi connectivity index (χ2n) is 3.90. The first kappa shape index (κ1) is 11.1. The molecule has 0 fully saturated rings. The van der Waals surface area contributed by atoms with E-state index in [0.717, 1.165) is 4.90 Å². The molecule has 12 heavy (non-hydrogen) atoms. The van der Waals surface area contributed by atoms with Gasteiger partial charge in [0, 0.05) is 7.05 Å². The zero-order chi connectivity index (χ0) is 9.94. The average molecular weight is 172 g/mol. The summed E-state index contributed by atoms with van der Waals surface area (Å²) in [4.78, 5) is 22.5. The maximum absolute atomic E-state index is 11.3. The molecule has 0 spiro atoms. The molecule has 0 aliphatic rings. The molecule has 0 aromatic heterocycles. The minimum atomic E-state index is -0.632. The molecule has 0 saturated heterocycles. The Kier molecular flexibility index (Phi) is 3.39. The number of likely N-dealkylation sites (N-methyl/N-ethyl adjacent to an activating group) is 1. The SMILES string of the molecule is CN(C=O)C(=O)C(N)C(C)(C)C. The number of nitrogens with zero attached hydrogens (tertiary/aromatic N) is 1. The average Bonchev–Trinajstić information content (AvgIpc) is 1.98. The Hall–Kier alpha value is -0.900. The van der Waals surface area contributed by atoms with Gasteiger partial charge in [0.25, 0.3) is 0 Å². The van der Waals surface area contributed by atoms with Gasteiger partial charge in [0.1, 0.15) is 0 Å². The predicted molar refractivity (Wildman–Crippen MR) is 46.3 cm³/mol. The van der Waals surface area contributed by atoms with Crippen LogP contribution in [0.15, 0.2) is 0 Å². The summed E-state index contributed by atoms with van der Waals surface area (Å²) in [7, 11) is 1.40. The third kappa shape index (κ3) is 2.62. The zero-order valence-electron chi connectivity index (χ0n) is 8.00. The van der Waals surface area contributed by atoms with Crippen LogP contribution in [0.25, 0.3) is 0 Å². The van der Waals surface area contributed by atoms with Crippen molar-refractivity contribution in [3.63, 3.8) is 0 Å². The fourth-order valence-corrected chi connectivity index (χ4v) is 0.642. The number of rotatable bonds is 2. The molecule has 70 valence electrons. The Morgan fingerprint density at radius 2 is 1.92 bits per heavy atom. The first-order chi connectivity index (χ1) is 5.30. The Bertz CT molecular complexity index is 184. The zero-order valence-corrected chi connectivity index (χ0v) is 8.00. The van der Waals surface area contributed by atoms with Crippen molar-refractivity contribution in [3.05, 3.63) is 0 Å². The molecule has 0 heterocycles. The summed E-state index contributed by atoms with van der Waals surface area (Å²) >= 11 is 0. The molecule has 4 nitrogen and oxygen atoms in total. The van der Waals surface area contributed by atoms with Gasteiger partial charge in [-0.2, -0.15) is 0 Å². The van der Waals surface area contributed by atoms with Crippen LogP contribution in [0.4, 0.5) is 0 Å². The monoisotopic (exact) mass is 172 g/mol. The van der Waals surface area contributed by atoms with Gasteiger partial charge in [-0.3, -0.25) is 14.5 Å². The van der Waals surface area contributed by atoms with E-state index in [2.05, 4.69) is 0 Å². The van der Waals surface area contributed by atoms with Crippen molar-refractivity contribution < 1.29 is 9.59 Å². The van der Waals surface area contributed by atoms with Crippen LogP contribution in [0.1, 0.15) is 20.8 Å². The Labute approximate surface area is 72.7 Å². The normalized spacial score (nSPS) is 13.8. The molecule has 0 saturated carbocycles. The van der Waals surface area contributed by atoms with Gasteiger partial charge in [-0.15, -0.1) is 0 Å². The lowest BCUT2D eigenvalue weighted by Gasteiger charge is -2.27. The Morgan fingerprint density at radius 3 is 2.17 bits per heavy atom. The van der Waals surface area contributed by atoms with Crippen LogP contribution in [0.5, 0.6) is 0 Å². The molecule has 2 N–H and O–H groups in total.